The van der Waals surface area contributed by atoms with Crippen molar-refractivity contribution in [2.45, 2.75) is 13.3 Å². The summed E-state index contributed by atoms with van der Waals surface area (Å²) in [7, 11) is 1.33. The highest BCUT2D eigenvalue weighted by molar-refractivity contribution is 7.17. The number of benzene rings is 2. The number of hydrogen-bond acceptors (Lipinski definition) is 6. The SMILES string of the molecule is COC(=O)c1c(NC(=O)/C=C\c2ccccc2)sc(Cc2ccc3c(c2)OCO3)c1C. The van der Waals surface area contributed by atoms with Gasteiger partial charge in [-0.1, -0.05) is 36.4 Å². The quantitative estimate of drug-likeness (QED) is 0.444. The zero-order valence-electron chi connectivity index (χ0n) is 17.1. The van der Waals surface area contributed by atoms with E-state index < -0.39 is 5.97 Å². The average molecular weight is 436 g/mol. The highest BCUT2D eigenvalue weighted by Gasteiger charge is 2.23. The van der Waals surface area contributed by atoms with Crippen LogP contribution >= 0.6 is 11.3 Å². The van der Waals surface area contributed by atoms with Gasteiger partial charge in [-0.15, -0.1) is 11.3 Å². The van der Waals surface area contributed by atoms with E-state index >= 15 is 0 Å². The Morgan fingerprint density at radius 2 is 1.90 bits per heavy atom. The van der Waals surface area contributed by atoms with Crippen molar-refractivity contribution in [3.05, 3.63) is 81.7 Å². The first kappa shape index (κ1) is 20.7. The van der Waals surface area contributed by atoms with Gasteiger partial charge in [0.1, 0.15) is 5.00 Å². The minimum atomic E-state index is -0.479. The number of amides is 1. The molecule has 0 aliphatic carbocycles. The third-order valence-corrected chi connectivity index (χ3v) is 6.11. The number of anilines is 1. The van der Waals surface area contributed by atoms with Crippen LogP contribution in [0.1, 0.15) is 31.9 Å². The summed E-state index contributed by atoms with van der Waals surface area (Å²) >= 11 is 1.37. The third kappa shape index (κ3) is 4.62. The van der Waals surface area contributed by atoms with Gasteiger partial charge in [-0.05, 0) is 41.8 Å². The number of carbonyl (C=O) groups excluding carboxylic acids is 2. The fourth-order valence-electron chi connectivity index (χ4n) is 3.29. The van der Waals surface area contributed by atoms with E-state index in [1.54, 1.807) is 6.08 Å². The van der Waals surface area contributed by atoms with Gasteiger partial charge in [0.25, 0.3) is 0 Å². The number of ether oxygens (including phenoxy) is 3. The number of thiophene rings is 1. The van der Waals surface area contributed by atoms with Gasteiger partial charge in [-0.25, -0.2) is 4.79 Å². The average Bonchev–Trinajstić information content (AvgIpc) is 3.36. The Morgan fingerprint density at radius 1 is 1.13 bits per heavy atom. The van der Waals surface area contributed by atoms with Crippen molar-refractivity contribution in [3.63, 3.8) is 0 Å². The van der Waals surface area contributed by atoms with Crippen molar-refractivity contribution in [1.29, 1.82) is 0 Å². The molecule has 0 saturated heterocycles. The molecule has 31 heavy (non-hydrogen) atoms. The van der Waals surface area contributed by atoms with Crippen LogP contribution in [0.4, 0.5) is 5.00 Å². The van der Waals surface area contributed by atoms with Crippen molar-refractivity contribution in [3.8, 4) is 11.5 Å². The summed E-state index contributed by atoms with van der Waals surface area (Å²) in [5.74, 6) is 0.637. The number of hydrogen-bond donors (Lipinski definition) is 1. The molecule has 1 N–H and O–H groups in total. The molecule has 0 saturated carbocycles. The van der Waals surface area contributed by atoms with E-state index in [1.807, 2.05) is 55.5 Å². The number of methoxy groups -OCH3 is 1. The van der Waals surface area contributed by atoms with Crippen LogP contribution in [0.2, 0.25) is 0 Å². The monoisotopic (exact) mass is 435 g/mol. The number of rotatable bonds is 6. The maximum atomic E-state index is 12.5. The van der Waals surface area contributed by atoms with Crippen LogP contribution in [0.25, 0.3) is 6.08 Å². The first-order valence-corrected chi connectivity index (χ1v) is 10.5. The van der Waals surface area contributed by atoms with Crippen LogP contribution in [-0.2, 0) is 16.0 Å². The van der Waals surface area contributed by atoms with Crippen molar-refractivity contribution in [2.24, 2.45) is 0 Å². The van der Waals surface area contributed by atoms with E-state index in [-0.39, 0.29) is 12.7 Å². The molecule has 0 radical (unpaired) electrons. The summed E-state index contributed by atoms with van der Waals surface area (Å²) in [6.07, 6.45) is 3.76. The Hall–Kier alpha value is -3.58. The molecule has 4 rings (SSSR count). The normalized spacial score (nSPS) is 12.2. The minimum absolute atomic E-state index is 0.218. The van der Waals surface area contributed by atoms with Crippen molar-refractivity contribution in [2.75, 3.05) is 19.2 Å². The van der Waals surface area contributed by atoms with Crippen LogP contribution < -0.4 is 14.8 Å². The summed E-state index contributed by atoms with van der Waals surface area (Å²) in [5.41, 5.74) is 3.10. The standard InChI is InChI=1S/C24H21NO5S/c1-15-20(13-17-8-10-18-19(12-17)30-14-29-18)31-23(22(15)24(27)28-2)25-21(26)11-9-16-6-4-3-5-7-16/h3-12H,13-14H2,1-2H3,(H,25,26)/b11-9-. The summed E-state index contributed by atoms with van der Waals surface area (Å²) in [4.78, 5) is 25.9. The number of fused-ring (bicyclic) bond motifs is 1. The molecule has 1 aliphatic rings. The summed E-state index contributed by atoms with van der Waals surface area (Å²) in [6, 6.07) is 15.3. The van der Waals surface area contributed by atoms with E-state index in [1.165, 1.54) is 24.5 Å². The van der Waals surface area contributed by atoms with E-state index in [4.69, 9.17) is 14.2 Å². The lowest BCUT2D eigenvalue weighted by Gasteiger charge is -2.04. The van der Waals surface area contributed by atoms with Crippen molar-refractivity contribution in [1.82, 2.24) is 0 Å². The van der Waals surface area contributed by atoms with Crippen LogP contribution in [0, 0.1) is 6.92 Å². The van der Waals surface area contributed by atoms with Crippen LogP contribution in [-0.4, -0.2) is 25.8 Å². The molecule has 0 unspecified atom stereocenters. The zero-order valence-corrected chi connectivity index (χ0v) is 18.0. The van der Waals surface area contributed by atoms with Gasteiger partial charge in [0.15, 0.2) is 11.5 Å². The molecule has 0 bridgehead atoms. The van der Waals surface area contributed by atoms with Crippen LogP contribution in [0.3, 0.4) is 0 Å². The molecule has 158 valence electrons. The lowest BCUT2D eigenvalue weighted by Crippen LogP contribution is -2.11. The first-order chi connectivity index (χ1) is 15.0. The Kier molecular flexibility index (Phi) is 6.04. The fourth-order valence-corrected chi connectivity index (χ4v) is 4.52. The van der Waals surface area contributed by atoms with E-state index in [0.717, 1.165) is 27.3 Å². The van der Waals surface area contributed by atoms with Gasteiger partial charge >= 0.3 is 5.97 Å². The lowest BCUT2D eigenvalue weighted by atomic mass is 10.1. The smallest absolute Gasteiger partial charge is 0.341 e. The molecule has 2 aromatic carbocycles. The zero-order chi connectivity index (χ0) is 21.8. The first-order valence-electron chi connectivity index (χ1n) is 9.68. The van der Waals surface area contributed by atoms with E-state index in [9.17, 15) is 9.59 Å². The Morgan fingerprint density at radius 3 is 2.68 bits per heavy atom. The summed E-state index contributed by atoms with van der Waals surface area (Å²) in [5, 5.41) is 3.31. The lowest BCUT2D eigenvalue weighted by molar-refractivity contribution is -0.111. The van der Waals surface area contributed by atoms with Gasteiger partial charge in [0, 0.05) is 17.4 Å². The predicted octanol–water partition coefficient (Wildman–Crippen LogP) is 4.81. The molecular formula is C24H21NO5S. The molecular weight excluding hydrogens is 414 g/mol. The molecule has 1 aliphatic heterocycles. The molecule has 0 spiro atoms. The molecule has 1 aromatic heterocycles. The Labute approximate surface area is 184 Å². The second-order valence-electron chi connectivity index (χ2n) is 6.94. The minimum Gasteiger partial charge on any atom is -0.465 e. The van der Waals surface area contributed by atoms with Gasteiger partial charge in [0.2, 0.25) is 12.7 Å². The third-order valence-electron chi connectivity index (χ3n) is 4.90. The highest BCUT2D eigenvalue weighted by atomic mass is 32.1. The number of carbonyl (C=O) groups is 2. The molecule has 0 fully saturated rings. The second kappa shape index (κ2) is 9.06. The van der Waals surface area contributed by atoms with Gasteiger partial charge < -0.3 is 19.5 Å². The molecule has 2 heterocycles. The number of esters is 1. The highest BCUT2D eigenvalue weighted by Crippen LogP contribution is 2.37. The number of nitrogens with one attached hydrogen (secondary N) is 1. The van der Waals surface area contributed by atoms with Gasteiger partial charge in [0.05, 0.1) is 12.7 Å². The Bertz CT molecular complexity index is 1150. The van der Waals surface area contributed by atoms with E-state index in [2.05, 4.69) is 5.32 Å². The molecule has 6 nitrogen and oxygen atoms in total. The molecule has 3 aromatic rings. The van der Waals surface area contributed by atoms with Crippen molar-refractivity contribution >= 4 is 34.3 Å². The second-order valence-corrected chi connectivity index (χ2v) is 8.05. The topological polar surface area (TPSA) is 73.9 Å². The van der Waals surface area contributed by atoms with Crippen molar-refractivity contribution < 1.29 is 23.8 Å². The summed E-state index contributed by atoms with van der Waals surface area (Å²) in [6.45, 7) is 2.08. The summed E-state index contributed by atoms with van der Waals surface area (Å²) < 4.78 is 15.8. The molecule has 0 atom stereocenters. The Balaban J connectivity index is 1.57. The van der Waals surface area contributed by atoms with E-state index in [0.29, 0.717) is 22.7 Å². The van der Waals surface area contributed by atoms with Crippen LogP contribution in [0.15, 0.2) is 54.6 Å². The van der Waals surface area contributed by atoms with Crippen LogP contribution in [0.5, 0.6) is 11.5 Å². The molecule has 7 heteroatoms. The maximum Gasteiger partial charge on any atom is 0.341 e. The molecule has 1 amide bonds. The maximum absolute atomic E-state index is 12.5. The van der Waals surface area contributed by atoms with Gasteiger partial charge in [-0.2, -0.15) is 0 Å². The largest absolute Gasteiger partial charge is 0.465 e. The fraction of sp³-hybridized carbons (Fsp3) is 0.167. The predicted molar refractivity (Wildman–Crippen MR) is 120 cm³/mol. The van der Waals surface area contributed by atoms with Gasteiger partial charge in [-0.3, -0.25) is 4.79 Å².